The Bertz CT molecular complexity index is 389. The van der Waals surface area contributed by atoms with Crippen molar-refractivity contribution in [1.82, 2.24) is 5.32 Å². The number of rotatable bonds is 8. The molecule has 0 aliphatic heterocycles. The molecule has 0 aromatic carbocycles. The molecule has 2 rings (SSSR count). The van der Waals surface area contributed by atoms with E-state index in [1.807, 2.05) is 0 Å². The molecular formula is C16H31NO2S. The lowest BCUT2D eigenvalue weighted by molar-refractivity contribution is 0.168. The molecule has 0 aromatic heterocycles. The molecular weight excluding hydrogens is 270 g/mol. The van der Waals surface area contributed by atoms with Crippen molar-refractivity contribution in [3.8, 4) is 0 Å². The van der Waals surface area contributed by atoms with Crippen LogP contribution >= 0.6 is 0 Å². The zero-order valence-electron chi connectivity index (χ0n) is 13.1. The van der Waals surface area contributed by atoms with Gasteiger partial charge in [0.2, 0.25) is 0 Å². The molecule has 0 aromatic rings. The van der Waals surface area contributed by atoms with Crippen molar-refractivity contribution in [3.05, 3.63) is 0 Å². The summed E-state index contributed by atoms with van der Waals surface area (Å²) in [4.78, 5) is 0. The minimum atomic E-state index is -2.81. The molecule has 3 unspecified atom stereocenters. The molecule has 2 saturated carbocycles. The fourth-order valence-corrected chi connectivity index (χ4v) is 4.45. The first-order chi connectivity index (χ1) is 9.54. The zero-order chi connectivity index (χ0) is 14.6. The van der Waals surface area contributed by atoms with Crippen LogP contribution < -0.4 is 5.32 Å². The Morgan fingerprint density at radius 3 is 2.40 bits per heavy atom. The molecule has 0 spiro atoms. The predicted molar refractivity (Wildman–Crippen MR) is 84.6 cm³/mol. The third-order valence-corrected chi connectivity index (χ3v) is 7.05. The van der Waals surface area contributed by atoms with Gasteiger partial charge in [0.1, 0.15) is 9.84 Å². The average Bonchev–Trinajstić information content (AvgIpc) is 3.27. The predicted octanol–water partition coefficient (Wildman–Crippen LogP) is 3.01. The van der Waals surface area contributed by atoms with Gasteiger partial charge in [0.25, 0.3) is 0 Å². The van der Waals surface area contributed by atoms with Crippen molar-refractivity contribution in [1.29, 1.82) is 0 Å². The van der Waals surface area contributed by atoms with Crippen molar-refractivity contribution in [2.24, 2.45) is 17.8 Å². The summed E-state index contributed by atoms with van der Waals surface area (Å²) in [7, 11) is -2.81. The first-order valence-electron chi connectivity index (χ1n) is 8.47. The van der Waals surface area contributed by atoms with Crippen LogP contribution in [0.15, 0.2) is 0 Å². The maximum absolute atomic E-state index is 11.8. The second-order valence-electron chi connectivity index (χ2n) is 6.82. The minimum absolute atomic E-state index is 0.294. The highest BCUT2D eigenvalue weighted by Gasteiger charge is 2.31. The van der Waals surface area contributed by atoms with E-state index < -0.39 is 9.84 Å². The molecule has 0 amide bonds. The maximum atomic E-state index is 11.8. The first kappa shape index (κ1) is 16.3. The third-order valence-electron chi connectivity index (χ3n) is 5.31. The SMILES string of the molecule is CCC1CCC(CNC2CC2)C(CCS(=O)(=O)CC)C1. The Balaban J connectivity index is 1.86. The summed E-state index contributed by atoms with van der Waals surface area (Å²) in [5.41, 5.74) is 0. The highest BCUT2D eigenvalue weighted by molar-refractivity contribution is 7.91. The molecule has 1 N–H and O–H groups in total. The highest BCUT2D eigenvalue weighted by Crippen LogP contribution is 2.37. The van der Waals surface area contributed by atoms with Gasteiger partial charge in [-0.3, -0.25) is 0 Å². The Hall–Kier alpha value is -0.0900. The van der Waals surface area contributed by atoms with Gasteiger partial charge in [0.05, 0.1) is 5.75 Å². The molecule has 0 heterocycles. The highest BCUT2D eigenvalue weighted by atomic mass is 32.2. The molecule has 0 saturated heterocycles. The van der Waals surface area contributed by atoms with Crippen LogP contribution in [-0.4, -0.2) is 32.5 Å². The third kappa shape index (κ3) is 5.03. The summed E-state index contributed by atoms with van der Waals surface area (Å²) in [6.07, 6.45) is 8.66. The molecule has 20 heavy (non-hydrogen) atoms. The van der Waals surface area contributed by atoms with Gasteiger partial charge in [-0.25, -0.2) is 8.42 Å². The van der Waals surface area contributed by atoms with E-state index in [1.165, 1.54) is 38.5 Å². The van der Waals surface area contributed by atoms with Crippen LogP contribution in [0.3, 0.4) is 0 Å². The van der Waals surface area contributed by atoms with Crippen LogP contribution in [0.5, 0.6) is 0 Å². The molecule has 3 nitrogen and oxygen atoms in total. The van der Waals surface area contributed by atoms with Crippen molar-refractivity contribution >= 4 is 9.84 Å². The van der Waals surface area contributed by atoms with Crippen LogP contribution in [0, 0.1) is 17.8 Å². The van der Waals surface area contributed by atoms with Crippen LogP contribution in [0.4, 0.5) is 0 Å². The lowest BCUT2D eigenvalue weighted by atomic mass is 9.72. The minimum Gasteiger partial charge on any atom is -0.314 e. The van der Waals surface area contributed by atoms with Gasteiger partial charge in [-0.2, -0.15) is 0 Å². The normalized spacial score (nSPS) is 31.4. The number of hydrogen-bond acceptors (Lipinski definition) is 3. The molecule has 2 aliphatic carbocycles. The van der Waals surface area contributed by atoms with Crippen molar-refractivity contribution in [2.45, 2.75) is 64.8 Å². The second-order valence-corrected chi connectivity index (χ2v) is 9.29. The van der Waals surface area contributed by atoms with Gasteiger partial charge in [0, 0.05) is 11.8 Å². The van der Waals surface area contributed by atoms with E-state index in [0.717, 1.165) is 24.9 Å². The molecule has 2 fully saturated rings. The Morgan fingerprint density at radius 2 is 1.80 bits per heavy atom. The number of nitrogens with one attached hydrogen (secondary N) is 1. The van der Waals surface area contributed by atoms with Crippen LogP contribution in [0.1, 0.15) is 58.8 Å². The fourth-order valence-electron chi connectivity index (χ4n) is 3.50. The molecule has 3 atom stereocenters. The van der Waals surface area contributed by atoms with Crippen LogP contribution in [0.2, 0.25) is 0 Å². The van der Waals surface area contributed by atoms with Crippen molar-refractivity contribution in [2.75, 3.05) is 18.1 Å². The second kappa shape index (κ2) is 7.26. The van der Waals surface area contributed by atoms with Crippen molar-refractivity contribution in [3.63, 3.8) is 0 Å². The van der Waals surface area contributed by atoms with Crippen LogP contribution in [0.25, 0.3) is 0 Å². The summed E-state index contributed by atoms with van der Waals surface area (Å²) in [5, 5.41) is 3.65. The lowest BCUT2D eigenvalue weighted by Crippen LogP contribution is -2.35. The Morgan fingerprint density at radius 1 is 1.05 bits per heavy atom. The number of sulfone groups is 1. The summed E-state index contributed by atoms with van der Waals surface area (Å²) < 4.78 is 23.5. The molecule has 2 aliphatic rings. The van der Waals surface area contributed by atoms with Gasteiger partial charge in [0.15, 0.2) is 0 Å². The maximum Gasteiger partial charge on any atom is 0.150 e. The summed E-state index contributed by atoms with van der Waals surface area (Å²) in [5.74, 6) is 2.82. The monoisotopic (exact) mass is 301 g/mol. The smallest absolute Gasteiger partial charge is 0.150 e. The molecule has 4 heteroatoms. The summed E-state index contributed by atoms with van der Waals surface area (Å²) in [6, 6.07) is 0.763. The van der Waals surface area contributed by atoms with Gasteiger partial charge < -0.3 is 5.32 Å². The van der Waals surface area contributed by atoms with E-state index in [1.54, 1.807) is 6.92 Å². The van der Waals surface area contributed by atoms with Gasteiger partial charge >= 0.3 is 0 Å². The van der Waals surface area contributed by atoms with Crippen LogP contribution in [-0.2, 0) is 9.84 Å². The van der Waals surface area contributed by atoms with E-state index in [2.05, 4.69) is 12.2 Å². The van der Waals surface area contributed by atoms with E-state index in [9.17, 15) is 8.42 Å². The molecule has 118 valence electrons. The average molecular weight is 301 g/mol. The molecule has 0 radical (unpaired) electrons. The van der Waals surface area contributed by atoms with Gasteiger partial charge in [-0.1, -0.05) is 26.7 Å². The first-order valence-corrected chi connectivity index (χ1v) is 10.3. The number of hydrogen-bond donors (Lipinski definition) is 1. The summed E-state index contributed by atoms with van der Waals surface area (Å²) in [6.45, 7) is 5.14. The Labute approximate surface area is 124 Å². The standard InChI is InChI=1S/C16H31NO2S/c1-3-13-5-6-15(12-17-16-7-8-16)14(11-13)9-10-20(18,19)4-2/h13-17H,3-12H2,1-2H3. The quantitative estimate of drug-likeness (QED) is 0.749. The Kier molecular flexibility index (Phi) is 5.91. The zero-order valence-corrected chi connectivity index (χ0v) is 13.9. The van der Waals surface area contributed by atoms with E-state index in [4.69, 9.17) is 0 Å². The largest absolute Gasteiger partial charge is 0.314 e. The topological polar surface area (TPSA) is 46.2 Å². The lowest BCUT2D eigenvalue weighted by Gasteiger charge is -2.36. The fraction of sp³-hybridized carbons (Fsp3) is 1.00. The van der Waals surface area contributed by atoms with Gasteiger partial charge in [-0.15, -0.1) is 0 Å². The van der Waals surface area contributed by atoms with E-state index in [-0.39, 0.29) is 0 Å². The van der Waals surface area contributed by atoms with E-state index >= 15 is 0 Å². The van der Waals surface area contributed by atoms with Gasteiger partial charge in [-0.05, 0) is 56.4 Å². The van der Waals surface area contributed by atoms with Crippen molar-refractivity contribution < 1.29 is 8.42 Å². The summed E-state index contributed by atoms with van der Waals surface area (Å²) >= 11 is 0. The molecule has 0 bridgehead atoms. The van der Waals surface area contributed by atoms with E-state index in [0.29, 0.717) is 23.3 Å².